The summed E-state index contributed by atoms with van der Waals surface area (Å²) in [5, 5.41) is 11.9. The summed E-state index contributed by atoms with van der Waals surface area (Å²) in [5.74, 6) is -1.57. The molecule has 0 spiro atoms. The van der Waals surface area contributed by atoms with Gasteiger partial charge in [-0.15, -0.1) is 0 Å². The number of amides is 2. The van der Waals surface area contributed by atoms with Gasteiger partial charge in [-0.1, -0.05) is 0 Å². The molecule has 1 atom stereocenters. The number of rotatable bonds is 5. The van der Waals surface area contributed by atoms with E-state index in [1.165, 1.54) is 18.1 Å². The van der Waals surface area contributed by atoms with Crippen LogP contribution in [0.5, 0.6) is 5.75 Å². The van der Waals surface area contributed by atoms with Gasteiger partial charge in [0, 0.05) is 13.1 Å². The van der Waals surface area contributed by atoms with Gasteiger partial charge < -0.3 is 24.8 Å². The topological polar surface area (TPSA) is 105 Å². The number of likely N-dealkylation sites (tertiary alicyclic amines) is 1. The second-order valence-corrected chi connectivity index (χ2v) is 6.42. The molecule has 0 radical (unpaired) electrons. The SMILES string of the molecule is COC(=O)c1ccc(OC(C)C)c(NC(=O)N2CCCC(C(=O)O)C2)c1. The van der Waals surface area contributed by atoms with E-state index in [2.05, 4.69) is 5.32 Å². The Morgan fingerprint density at radius 2 is 2.04 bits per heavy atom. The largest absolute Gasteiger partial charge is 0.489 e. The summed E-state index contributed by atoms with van der Waals surface area (Å²) < 4.78 is 10.4. The number of piperidine rings is 1. The third kappa shape index (κ3) is 4.87. The molecule has 2 N–H and O–H groups in total. The molecule has 1 aliphatic heterocycles. The first-order chi connectivity index (χ1) is 12.3. The Kier molecular flexibility index (Phi) is 6.43. The van der Waals surface area contributed by atoms with Crippen molar-refractivity contribution in [1.82, 2.24) is 4.90 Å². The van der Waals surface area contributed by atoms with E-state index in [1.54, 1.807) is 12.1 Å². The number of carbonyl (C=O) groups excluding carboxylic acids is 2. The van der Waals surface area contributed by atoms with E-state index < -0.39 is 23.9 Å². The highest BCUT2D eigenvalue weighted by atomic mass is 16.5. The van der Waals surface area contributed by atoms with Crippen LogP contribution in [0.3, 0.4) is 0 Å². The first-order valence-corrected chi connectivity index (χ1v) is 8.49. The van der Waals surface area contributed by atoms with Crippen molar-refractivity contribution in [2.45, 2.75) is 32.8 Å². The lowest BCUT2D eigenvalue weighted by atomic mass is 9.99. The van der Waals surface area contributed by atoms with E-state index in [9.17, 15) is 14.4 Å². The number of nitrogens with zero attached hydrogens (tertiary/aromatic N) is 1. The molecule has 1 aliphatic rings. The third-order valence-electron chi connectivity index (χ3n) is 4.06. The fourth-order valence-corrected chi connectivity index (χ4v) is 2.79. The Labute approximate surface area is 152 Å². The number of esters is 1. The molecule has 0 bridgehead atoms. The van der Waals surface area contributed by atoms with Gasteiger partial charge in [0.1, 0.15) is 5.75 Å². The number of carbonyl (C=O) groups is 3. The maximum Gasteiger partial charge on any atom is 0.337 e. The van der Waals surface area contributed by atoms with E-state index >= 15 is 0 Å². The summed E-state index contributed by atoms with van der Waals surface area (Å²) in [5.41, 5.74) is 0.616. The minimum Gasteiger partial charge on any atom is -0.489 e. The van der Waals surface area contributed by atoms with Gasteiger partial charge in [-0.25, -0.2) is 9.59 Å². The van der Waals surface area contributed by atoms with Crippen molar-refractivity contribution >= 4 is 23.7 Å². The van der Waals surface area contributed by atoms with Gasteiger partial charge in [0.25, 0.3) is 0 Å². The lowest BCUT2D eigenvalue weighted by molar-refractivity contribution is -0.143. The average molecular weight is 364 g/mol. The van der Waals surface area contributed by atoms with Gasteiger partial charge in [0.15, 0.2) is 0 Å². The Bertz CT molecular complexity index is 688. The third-order valence-corrected chi connectivity index (χ3v) is 4.06. The summed E-state index contributed by atoms with van der Waals surface area (Å²) in [6.45, 7) is 4.33. The predicted molar refractivity (Wildman–Crippen MR) is 94.5 cm³/mol. The Balaban J connectivity index is 2.20. The van der Waals surface area contributed by atoms with Crippen LogP contribution in [0.4, 0.5) is 10.5 Å². The van der Waals surface area contributed by atoms with Crippen LogP contribution in [0.15, 0.2) is 18.2 Å². The number of carboxylic acids is 1. The predicted octanol–water partition coefficient (Wildman–Crippen LogP) is 2.59. The van der Waals surface area contributed by atoms with Crippen molar-refractivity contribution in [1.29, 1.82) is 0 Å². The van der Waals surface area contributed by atoms with E-state index in [-0.39, 0.29) is 18.2 Å². The molecule has 1 aromatic carbocycles. The van der Waals surface area contributed by atoms with E-state index in [1.807, 2.05) is 13.8 Å². The minimum atomic E-state index is -0.904. The molecule has 8 heteroatoms. The fraction of sp³-hybridized carbons (Fsp3) is 0.500. The van der Waals surface area contributed by atoms with Crippen LogP contribution in [0.25, 0.3) is 0 Å². The van der Waals surface area contributed by atoms with Gasteiger partial charge in [0.2, 0.25) is 0 Å². The van der Waals surface area contributed by atoms with Gasteiger partial charge in [0.05, 0.1) is 30.4 Å². The summed E-state index contributed by atoms with van der Waals surface area (Å²) >= 11 is 0. The van der Waals surface area contributed by atoms with Gasteiger partial charge >= 0.3 is 18.0 Å². The van der Waals surface area contributed by atoms with Gasteiger partial charge in [-0.3, -0.25) is 4.79 Å². The number of urea groups is 1. The Morgan fingerprint density at radius 1 is 1.31 bits per heavy atom. The highest BCUT2D eigenvalue weighted by molar-refractivity contribution is 5.95. The highest BCUT2D eigenvalue weighted by Gasteiger charge is 2.28. The zero-order chi connectivity index (χ0) is 19.3. The van der Waals surface area contributed by atoms with Crippen LogP contribution in [0, 0.1) is 5.92 Å². The van der Waals surface area contributed by atoms with Crippen LogP contribution in [-0.4, -0.2) is 54.3 Å². The van der Waals surface area contributed by atoms with E-state index in [4.69, 9.17) is 14.6 Å². The van der Waals surface area contributed by atoms with Gasteiger partial charge in [-0.2, -0.15) is 0 Å². The Morgan fingerprint density at radius 3 is 2.65 bits per heavy atom. The molecule has 8 nitrogen and oxygen atoms in total. The smallest absolute Gasteiger partial charge is 0.337 e. The van der Waals surface area contributed by atoms with Crippen molar-refractivity contribution in [2.75, 3.05) is 25.5 Å². The molecule has 0 saturated carbocycles. The molecule has 142 valence electrons. The quantitative estimate of drug-likeness (QED) is 0.778. The molecule has 1 aromatic rings. The average Bonchev–Trinajstić information content (AvgIpc) is 2.62. The number of ether oxygens (including phenoxy) is 2. The van der Waals surface area contributed by atoms with Gasteiger partial charge in [-0.05, 0) is 44.9 Å². The summed E-state index contributed by atoms with van der Waals surface area (Å²) in [6, 6.07) is 4.21. The monoisotopic (exact) mass is 364 g/mol. The van der Waals surface area contributed by atoms with Crippen LogP contribution in [0.2, 0.25) is 0 Å². The molecule has 2 rings (SSSR count). The second kappa shape index (κ2) is 8.55. The van der Waals surface area contributed by atoms with Crippen molar-refractivity contribution < 1.29 is 29.0 Å². The van der Waals surface area contributed by atoms with Crippen LogP contribution in [-0.2, 0) is 9.53 Å². The number of methoxy groups -OCH3 is 1. The molecule has 1 unspecified atom stereocenters. The zero-order valence-corrected chi connectivity index (χ0v) is 15.2. The molecule has 1 heterocycles. The van der Waals surface area contributed by atoms with E-state index in [0.717, 1.165) is 0 Å². The first kappa shape index (κ1) is 19.6. The lowest BCUT2D eigenvalue weighted by Crippen LogP contribution is -2.44. The van der Waals surface area contributed by atoms with E-state index in [0.29, 0.717) is 30.8 Å². The number of anilines is 1. The van der Waals surface area contributed by atoms with Crippen LogP contribution < -0.4 is 10.1 Å². The molecule has 1 fully saturated rings. The van der Waals surface area contributed by atoms with Crippen molar-refractivity contribution in [2.24, 2.45) is 5.92 Å². The number of carboxylic acid groups (broad SMARTS) is 1. The minimum absolute atomic E-state index is 0.124. The standard InChI is InChI=1S/C18H24N2O6/c1-11(2)26-15-7-6-12(17(23)25-3)9-14(15)19-18(24)20-8-4-5-13(10-20)16(21)22/h6-7,9,11,13H,4-5,8,10H2,1-3H3,(H,19,24)(H,21,22). The number of benzene rings is 1. The number of hydrogen-bond donors (Lipinski definition) is 2. The molecular weight excluding hydrogens is 340 g/mol. The number of hydrogen-bond acceptors (Lipinski definition) is 5. The zero-order valence-electron chi connectivity index (χ0n) is 15.2. The number of nitrogens with one attached hydrogen (secondary N) is 1. The first-order valence-electron chi connectivity index (χ1n) is 8.49. The molecule has 26 heavy (non-hydrogen) atoms. The molecule has 1 saturated heterocycles. The highest BCUT2D eigenvalue weighted by Crippen LogP contribution is 2.28. The van der Waals surface area contributed by atoms with Crippen molar-refractivity contribution in [3.8, 4) is 5.75 Å². The Hall–Kier alpha value is -2.77. The van der Waals surface area contributed by atoms with Crippen LogP contribution in [0.1, 0.15) is 37.0 Å². The molecular formula is C18H24N2O6. The maximum absolute atomic E-state index is 12.6. The van der Waals surface area contributed by atoms with Crippen molar-refractivity contribution in [3.05, 3.63) is 23.8 Å². The summed E-state index contributed by atoms with van der Waals surface area (Å²) in [6.07, 6.45) is 1.06. The molecule has 0 aliphatic carbocycles. The maximum atomic E-state index is 12.6. The lowest BCUT2D eigenvalue weighted by Gasteiger charge is -2.31. The van der Waals surface area contributed by atoms with Crippen LogP contribution >= 0.6 is 0 Å². The van der Waals surface area contributed by atoms with Crippen molar-refractivity contribution in [3.63, 3.8) is 0 Å². The summed E-state index contributed by atoms with van der Waals surface area (Å²) in [4.78, 5) is 37.0. The number of aliphatic carboxylic acids is 1. The summed E-state index contributed by atoms with van der Waals surface area (Å²) in [7, 11) is 1.28. The normalized spacial score (nSPS) is 16.9. The fourth-order valence-electron chi connectivity index (χ4n) is 2.79. The molecule has 2 amide bonds. The second-order valence-electron chi connectivity index (χ2n) is 6.42. The molecule has 0 aromatic heterocycles.